The molecule has 8 aromatic carbocycles. The van der Waals surface area contributed by atoms with Crippen LogP contribution in [0, 0.1) is 216 Å². The third kappa shape index (κ3) is 16.2. The average molecular weight is 1340 g/mol. The standard InChI is InChI=1S/C24H20B.4C10H15.C8H6N4.2Tb/c1-5-13-21(14-6-1)25(22-15-7-2-8-16-22,23-17-9-3-10-18-23)24-19-11-4-12-20-24;4*1-6-7(2)9(4)10(5)8(6)3;1-3-9-7(10-4-1)8-11-5-2-6-12-8;;/h1-20H;4*1-5H3;1-6H;;/q5*-1;;;+3. The quantitative estimate of drug-likeness (QED) is 0.127. The molecule has 10 rings (SSSR count). The van der Waals surface area contributed by atoms with Gasteiger partial charge in [-0.1, -0.05) is 260 Å². The zero-order valence-corrected chi connectivity index (χ0v) is 55.3. The third-order valence-electron chi connectivity index (χ3n) is 17.8. The molecule has 0 N–H and O–H groups in total. The molecule has 2 heterocycles. The topological polar surface area (TPSA) is 51.6 Å². The van der Waals surface area contributed by atoms with Crippen LogP contribution in [0.15, 0.2) is 158 Å². The first-order valence-corrected chi connectivity index (χ1v) is 27.3. The number of hydrogen-bond acceptors (Lipinski definition) is 4. The molecule has 0 aliphatic heterocycles. The van der Waals surface area contributed by atoms with Crippen molar-refractivity contribution < 1.29 is 77.2 Å². The fourth-order valence-corrected chi connectivity index (χ4v) is 10.6. The first kappa shape index (κ1) is 68.3. The van der Waals surface area contributed by atoms with E-state index in [4.69, 9.17) is 0 Å². The first-order chi connectivity index (χ1) is 36.6. The Morgan fingerprint density at radius 3 is 0.532 bits per heavy atom. The van der Waals surface area contributed by atoms with Crippen LogP contribution in [0.3, 0.4) is 0 Å². The van der Waals surface area contributed by atoms with Gasteiger partial charge in [-0.3, -0.25) is 0 Å². The second-order valence-corrected chi connectivity index (χ2v) is 21.2. The number of rotatable bonds is 5. The Labute approximate surface area is 539 Å². The van der Waals surface area contributed by atoms with Crippen LogP contribution < -0.4 is 21.9 Å². The molecule has 417 valence electrons. The Morgan fingerprint density at radius 2 is 0.405 bits per heavy atom. The van der Waals surface area contributed by atoms with Crippen molar-refractivity contribution in [3.05, 3.63) is 270 Å². The van der Waals surface area contributed by atoms with Crippen molar-refractivity contribution in [3.8, 4) is 11.6 Å². The number of nitrogens with zero attached hydrogens (tertiary/aromatic N) is 4. The van der Waals surface area contributed by atoms with Gasteiger partial charge in [0.1, 0.15) is 6.15 Å². The van der Waals surface area contributed by atoms with Crippen molar-refractivity contribution in [2.75, 3.05) is 0 Å². The molecule has 0 saturated carbocycles. The average Bonchev–Trinajstić information content (AvgIpc) is 3.92. The molecule has 0 bridgehead atoms. The van der Waals surface area contributed by atoms with Gasteiger partial charge in [0, 0.05) is 63.4 Å². The summed E-state index contributed by atoms with van der Waals surface area (Å²) in [5, 5.41) is 0. The van der Waals surface area contributed by atoms with Gasteiger partial charge in [0.2, 0.25) is 0 Å². The summed E-state index contributed by atoms with van der Waals surface area (Å²) in [6.07, 6.45) is 5.45. The summed E-state index contributed by atoms with van der Waals surface area (Å²) in [6.45, 7) is 44.0. The minimum Gasteiger partial charge on any atom is -0.234 e. The van der Waals surface area contributed by atoms with E-state index >= 15 is 0 Å². The molecular weight excluding hydrogens is 1250 g/mol. The van der Waals surface area contributed by atoms with E-state index in [9.17, 15) is 0 Å². The SMILES string of the molecule is Cc1c(C)c(C)[c-](C)c1C.Cc1c(C)c(C)[c-](C)c1C.Cc1c(C)c(C)[c-](C)c1C.Cc1c(C)c(C)[c-](C)c1C.[Tb+3].[Tb].c1ccc([B-](c2ccccc2)(c2ccccc2)c2ccccc2)cc1.c1cnc(-c2ncccn2)nc1. The monoisotopic (exact) mass is 1340 g/mol. The summed E-state index contributed by atoms with van der Waals surface area (Å²) in [5.74, 6) is 1.11. The number of benzene rings is 4. The summed E-state index contributed by atoms with van der Waals surface area (Å²) in [6, 6.07) is 47.0. The van der Waals surface area contributed by atoms with E-state index < -0.39 is 6.15 Å². The Morgan fingerprint density at radius 1 is 0.253 bits per heavy atom. The zero-order chi connectivity index (χ0) is 56.7. The Kier molecular flexibility index (Phi) is 27.6. The Balaban J connectivity index is 0.000000262. The molecule has 0 aliphatic carbocycles. The van der Waals surface area contributed by atoms with Crippen molar-refractivity contribution in [2.45, 2.75) is 138 Å². The molecule has 0 aliphatic rings. The Hall–Kier alpha value is -4.92. The van der Waals surface area contributed by atoms with Crippen LogP contribution in [0.25, 0.3) is 11.6 Å². The maximum absolute atomic E-state index is 4.01. The van der Waals surface area contributed by atoms with Crippen LogP contribution >= 0.6 is 0 Å². The van der Waals surface area contributed by atoms with Gasteiger partial charge >= 0.3 is 38.6 Å². The van der Waals surface area contributed by atoms with Gasteiger partial charge < -0.3 is 0 Å². The largest absolute Gasteiger partial charge is 3.00 e. The van der Waals surface area contributed by atoms with E-state index in [0.29, 0.717) is 11.6 Å². The molecule has 2 aromatic heterocycles. The molecule has 0 atom stereocenters. The molecule has 0 saturated heterocycles. The molecule has 0 amide bonds. The van der Waals surface area contributed by atoms with E-state index in [1.165, 1.54) is 133 Å². The summed E-state index contributed by atoms with van der Waals surface area (Å²) in [4.78, 5) is 16.1. The summed E-state index contributed by atoms with van der Waals surface area (Å²) in [5.41, 5.74) is 34.7. The normalized spacial score (nSPS) is 10.3. The minimum atomic E-state index is -1.22. The second kappa shape index (κ2) is 31.9. The second-order valence-electron chi connectivity index (χ2n) is 21.2. The maximum atomic E-state index is 4.01. The molecule has 10 aromatic rings. The van der Waals surface area contributed by atoms with Gasteiger partial charge in [0.15, 0.2) is 11.6 Å². The molecular formula is C72H86BN4Tb2-2. The van der Waals surface area contributed by atoms with E-state index in [1.54, 1.807) is 36.9 Å². The third-order valence-corrected chi connectivity index (χ3v) is 17.8. The molecule has 7 heteroatoms. The van der Waals surface area contributed by atoms with Crippen LogP contribution in [0.5, 0.6) is 0 Å². The molecule has 79 heavy (non-hydrogen) atoms. The van der Waals surface area contributed by atoms with Crippen molar-refractivity contribution in [2.24, 2.45) is 0 Å². The van der Waals surface area contributed by atoms with Gasteiger partial charge in [0.05, 0.1) is 0 Å². The van der Waals surface area contributed by atoms with Gasteiger partial charge in [-0.2, -0.15) is 133 Å². The van der Waals surface area contributed by atoms with Gasteiger partial charge in [-0.25, -0.2) is 19.9 Å². The van der Waals surface area contributed by atoms with Gasteiger partial charge in [-0.05, 0) is 12.1 Å². The van der Waals surface area contributed by atoms with E-state index in [1.807, 2.05) is 0 Å². The minimum absolute atomic E-state index is 0. The van der Waals surface area contributed by atoms with E-state index in [-0.39, 0.29) is 77.2 Å². The zero-order valence-electron chi connectivity index (χ0n) is 51.0. The maximum Gasteiger partial charge on any atom is 3.00 e. The predicted molar refractivity (Wildman–Crippen MR) is 336 cm³/mol. The number of hydrogen-bond donors (Lipinski definition) is 0. The van der Waals surface area contributed by atoms with Gasteiger partial charge in [-0.15, -0.1) is 0 Å². The molecule has 4 nitrogen and oxygen atoms in total. The Bertz CT molecular complexity index is 2670. The van der Waals surface area contributed by atoms with Crippen LogP contribution in [0.1, 0.15) is 111 Å². The predicted octanol–water partition coefficient (Wildman–Crippen LogP) is 15.8. The smallest absolute Gasteiger partial charge is 0.234 e. The number of aromatic nitrogens is 4. The first-order valence-electron chi connectivity index (χ1n) is 27.3. The molecule has 0 unspecified atom stereocenters. The summed E-state index contributed by atoms with van der Waals surface area (Å²) < 4.78 is 0. The van der Waals surface area contributed by atoms with E-state index in [0.717, 1.165) is 0 Å². The molecule has 0 fully saturated rings. The fourth-order valence-electron chi connectivity index (χ4n) is 10.6. The van der Waals surface area contributed by atoms with Crippen LogP contribution in [-0.4, -0.2) is 26.1 Å². The summed E-state index contributed by atoms with van der Waals surface area (Å²) in [7, 11) is 0. The summed E-state index contributed by atoms with van der Waals surface area (Å²) >= 11 is 0. The van der Waals surface area contributed by atoms with Crippen LogP contribution in [-0.2, 0) is 0 Å². The van der Waals surface area contributed by atoms with E-state index in [2.05, 4.69) is 280 Å². The molecule has 0 spiro atoms. The van der Waals surface area contributed by atoms with Crippen molar-refractivity contribution in [3.63, 3.8) is 0 Å². The van der Waals surface area contributed by atoms with Gasteiger partial charge in [0.25, 0.3) is 0 Å². The fraction of sp³-hybridized carbons (Fsp3) is 0.278. The van der Waals surface area contributed by atoms with Crippen molar-refractivity contribution in [1.82, 2.24) is 19.9 Å². The van der Waals surface area contributed by atoms with Crippen molar-refractivity contribution in [1.29, 1.82) is 0 Å². The van der Waals surface area contributed by atoms with Crippen LogP contribution in [0.4, 0.5) is 0 Å². The van der Waals surface area contributed by atoms with Crippen molar-refractivity contribution >= 4 is 28.0 Å². The van der Waals surface area contributed by atoms with Crippen LogP contribution in [0.2, 0.25) is 0 Å². The molecule has 1 radical (unpaired) electrons.